The number of nitrogens with two attached hydrogens (primary N) is 1. The predicted molar refractivity (Wildman–Crippen MR) is 238 cm³/mol. The van der Waals surface area contributed by atoms with Crippen LogP contribution in [0.4, 0.5) is 0 Å². The number of esters is 2. The Labute approximate surface area is 346 Å². The molecule has 0 aliphatic carbocycles. The molecule has 324 valence electrons. The van der Waals surface area contributed by atoms with Gasteiger partial charge in [-0.1, -0.05) is 169 Å². The number of hydrogen-bond donors (Lipinski definition) is 2. The van der Waals surface area contributed by atoms with E-state index in [0.29, 0.717) is 19.3 Å². The van der Waals surface area contributed by atoms with Crippen molar-refractivity contribution in [3.05, 3.63) is 97.2 Å². The smallest absolute Gasteiger partial charge is 0.462 e. The number of carbonyl (C=O) groups is 2. The number of hydrogen-bond acceptors (Lipinski definition) is 8. The second kappa shape index (κ2) is 42.5. The third-order valence-electron chi connectivity index (χ3n) is 8.55. The van der Waals surface area contributed by atoms with Gasteiger partial charge in [0.05, 0.1) is 13.2 Å². The summed E-state index contributed by atoms with van der Waals surface area (Å²) in [4.78, 5) is 34.8. The van der Waals surface area contributed by atoms with Crippen LogP contribution >= 0.6 is 7.82 Å². The molecule has 0 saturated carbocycles. The van der Waals surface area contributed by atoms with Crippen molar-refractivity contribution in [3.63, 3.8) is 0 Å². The van der Waals surface area contributed by atoms with Crippen molar-refractivity contribution in [2.24, 2.45) is 5.73 Å². The van der Waals surface area contributed by atoms with Crippen molar-refractivity contribution in [3.8, 4) is 0 Å². The highest BCUT2D eigenvalue weighted by Gasteiger charge is 2.25. The number of phosphoric acid groups is 1. The van der Waals surface area contributed by atoms with Crippen LogP contribution in [0.2, 0.25) is 0 Å². The van der Waals surface area contributed by atoms with Gasteiger partial charge >= 0.3 is 19.8 Å². The molecule has 10 heteroatoms. The average molecular weight is 816 g/mol. The molecule has 9 nitrogen and oxygen atoms in total. The molecule has 0 saturated heterocycles. The number of rotatable bonds is 39. The Morgan fingerprint density at radius 3 is 1.65 bits per heavy atom. The molecule has 0 aliphatic heterocycles. The number of ether oxygens (including phenoxy) is 2. The fraction of sp³-hybridized carbons (Fsp3) is 0.617. The molecule has 0 aromatic carbocycles. The Morgan fingerprint density at radius 2 is 1.05 bits per heavy atom. The molecule has 0 amide bonds. The minimum atomic E-state index is -4.40. The largest absolute Gasteiger partial charge is 0.472 e. The van der Waals surface area contributed by atoms with Gasteiger partial charge in [-0.25, -0.2) is 4.57 Å². The van der Waals surface area contributed by atoms with Crippen molar-refractivity contribution >= 4 is 19.8 Å². The Hall–Kier alpha value is -3.07. The van der Waals surface area contributed by atoms with Crippen LogP contribution in [0.1, 0.15) is 155 Å². The van der Waals surface area contributed by atoms with E-state index in [-0.39, 0.29) is 32.6 Å². The fourth-order valence-corrected chi connectivity index (χ4v) is 6.11. The molecular formula is C47H78NO8P. The lowest BCUT2D eigenvalue weighted by Gasteiger charge is -2.19. The summed E-state index contributed by atoms with van der Waals surface area (Å²) >= 11 is 0. The van der Waals surface area contributed by atoms with Crippen LogP contribution < -0.4 is 5.73 Å². The second-order valence-corrected chi connectivity index (χ2v) is 15.4. The predicted octanol–water partition coefficient (Wildman–Crippen LogP) is 12.6. The first kappa shape index (κ1) is 53.9. The van der Waals surface area contributed by atoms with Crippen molar-refractivity contribution in [2.75, 3.05) is 26.4 Å². The minimum absolute atomic E-state index is 0.0355. The second-order valence-electron chi connectivity index (χ2n) is 13.9. The molecule has 0 rings (SSSR count). The summed E-state index contributed by atoms with van der Waals surface area (Å²) in [5.41, 5.74) is 5.34. The van der Waals surface area contributed by atoms with Gasteiger partial charge in [-0.15, -0.1) is 0 Å². The van der Waals surface area contributed by atoms with E-state index in [4.69, 9.17) is 24.3 Å². The highest BCUT2D eigenvalue weighted by Crippen LogP contribution is 2.43. The summed E-state index contributed by atoms with van der Waals surface area (Å²) in [5.74, 6) is -0.932. The van der Waals surface area contributed by atoms with Gasteiger partial charge in [0, 0.05) is 19.4 Å². The van der Waals surface area contributed by atoms with Gasteiger partial charge in [0.15, 0.2) is 6.10 Å². The van der Waals surface area contributed by atoms with Crippen molar-refractivity contribution in [1.29, 1.82) is 0 Å². The molecule has 0 heterocycles. The van der Waals surface area contributed by atoms with E-state index in [0.717, 1.165) is 57.8 Å². The maximum Gasteiger partial charge on any atom is 0.472 e. The molecule has 0 aromatic rings. The SMILES string of the molecule is CC/C=C/C=C/C=C/C=C/CCCCCCCC(=O)OC[C@H](COP(=O)(O)OCCN)OC(=O)CCC/C=C/C/C=C/C/C=C/C/C=C/CCCCCCCCC. The first-order valence-corrected chi connectivity index (χ1v) is 23.3. The third-order valence-corrected chi connectivity index (χ3v) is 9.53. The van der Waals surface area contributed by atoms with Crippen LogP contribution in [0.15, 0.2) is 97.2 Å². The molecule has 57 heavy (non-hydrogen) atoms. The zero-order valence-electron chi connectivity index (χ0n) is 35.5. The summed E-state index contributed by atoms with van der Waals surface area (Å²) < 4.78 is 32.7. The number of carbonyl (C=O) groups excluding carboxylic acids is 2. The number of unbranched alkanes of at least 4 members (excludes halogenated alkanes) is 13. The van der Waals surface area contributed by atoms with E-state index in [9.17, 15) is 19.0 Å². The first-order chi connectivity index (χ1) is 27.8. The van der Waals surface area contributed by atoms with Crippen molar-refractivity contribution in [1.82, 2.24) is 0 Å². The van der Waals surface area contributed by atoms with Gasteiger partial charge in [-0.2, -0.15) is 0 Å². The van der Waals surface area contributed by atoms with E-state index in [1.807, 2.05) is 36.5 Å². The summed E-state index contributed by atoms with van der Waals surface area (Å²) in [6, 6.07) is 0. The van der Waals surface area contributed by atoms with Gasteiger partial charge in [0.2, 0.25) is 0 Å². The highest BCUT2D eigenvalue weighted by atomic mass is 31.2. The monoisotopic (exact) mass is 816 g/mol. The van der Waals surface area contributed by atoms with Crippen LogP contribution in [0.5, 0.6) is 0 Å². The molecule has 0 aliphatic rings. The lowest BCUT2D eigenvalue weighted by molar-refractivity contribution is -0.161. The van der Waals surface area contributed by atoms with Crippen LogP contribution in [0.25, 0.3) is 0 Å². The maximum atomic E-state index is 12.6. The van der Waals surface area contributed by atoms with E-state index < -0.39 is 32.5 Å². The molecule has 1 unspecified atom stereocenters. The Balaban J connectivity index is 4.31. The van der Waals surface area contributed by atoms with Gasteiger partial charge in [0.1, 0.15) is 6.61 Å². The quantitative estimate of drug-likeness (QED) is 0.0204. The zero-order valence-corrected chi connectivity index (χ0v) is 36.4. The van der Waals surface area contributed by atoms with Crippen LogP contribution in [0, 0.1) is 0 Å². The van der Waals surface area contributed by atoms with Gasteiger partial charge in [0.25, 0.3) is 0 Å². The molecule has 3 N–H and O–H groups in total. The molecular weight excluding hydrogens is 737 g/mol. The first-order valence-electron chi connectivity index (χ1n) is 21.8. The summed E-state index contributed by atoms with van der Waals surface area (Å²) in [6.45, 7) is 3.47. The normalized spacial score (nSPS) is 14.2. The average Bonchev–Trinajstić information content (AvgIpc) is 3.20. The van der Waals surface area contributed by atoms with Crippen LogP contribution in [-0.4, -0.2) is 49.3 Å². The summed E-state index contributed by atoms with van der Waals surface area (Å²) in [5, 5.41) is 0. The number of allylic oxidation sites excluding steroid dienone is 16. The zero-order chi connectivity index (χ0) is 41.8. The third kappa shape index (κ3) is 42.4. The van der Waals surface area contributed by atoms with Crippen molar-refractivity contribution in [2.45, 2.75) is 161 Å². The lowest BCUT2D eigenvalue weighted by atomic mass is 10.1. The number of phosphoric ester groups is 1. The Morgan fingerprint density at radius 1 is 0.561 bits per heavy atom. The molecule has 2 atom stereocenters. The van der Waals surface area contributed by atoms with Crippen LogP contribution in [-0.2, 0) is 32.7 Å². The molecule has 0 aromatic heterocycles. The molecule has 0 fully saturated rings. The maximum absolute atomic E-state index is 12.6. The Kier molecular flexibility index (Phi) is 40.2. The van der Waals surface area contributed by atoms with E-state index in [2.05, 4.69) is 74.6 Å². The van der Waals surface area contributed by atoms with Gasteiger partial charge in [-0.05, 0) is 70.6 Å². The Bertz CT molecular complexity index is 1250. The lowest BCUT2D eigenvalue weighted by Crippen LogP contribution is -2.29. The molecule has 0 spiro atoms. The fourth-order valence-electron chi connectivity index (χ4n) is 5.34. The van der Waals surface area contributed by atoms with E-state index in [1.54, 1.807) is 0 Å². The van der Waals surface area contributed by atoms with E-state index >= 15 is 0 Å². The van der Waals surface area contributed by atoms with Crippen molar-refractivity contribution < 1.29 is 37.6 Å². The van der Waals surface area contributed by atoms with Gasteiger partial charge in [-0.3, -0.25) is 18.6 Å². The van der Waals surface area contributed by atoms with Gasteiger partial charge < -0.3 is 20.1 Å². The standard InChI is InChI=1S/C47H78NO8P/c1-3-5-7-9-11-13-15-17-19-20-21-22-23-24-26-28-30-32-34-36-38-40-47(50)56-45(44-55-57(51,52)54-42-41-48)43-53-46(49)39-37-35-33-31-29-27-25-18-16-14-12-10-8-6-4-2/h6,8,10,12,14,16,18-20,22-23,25-26,28,32,34,45H,3-5,7,9,11,13,15,17,21,24,27,29-31,33,35-44,48H2,1-2H3,(H,51,52)/b8-6+,12-10+,16-14+,20-19+,23-22+,25-18+,28-26+,34-32+/t45-/m1/s1. The van der Waals surface area contributed by atoms with Crippen LogP contribution in [0.3, 0.4) is 0 Å². The topological polar surface area (TPSA) is 134 Å². The van der Waals surface area contributed by atoms with E-state index in [1.165, 1.54) is 51.4 Å². The molecule has 0 bridgehead atoms. The molecule has 0 radical (unpaired) electrons. The summed E-state index contributed by atoms with van der Waals surface area (Å²) in [7, 11) is -4.40. The summed E-state index contributed by atoms with van der Waals surface area (Å²) in [6.07, 6.45) is 54.5. The highest BCUT2D eigenvalue weighted by molar-refractivity contribution is 7.47. The minimum Gasteiger partial charge on any atom is -0.462 e.